The van der Waals surface area contributed by atoms with Crippen LogP contribution in [0.25, 0.3) is 0 Å². The van der Waals surface area contributed by atoms with Crippen molar-refractivity contribution < 1.29 is 10.2 Å². The van der Waals surface area contributed by atoms with E-state index in [0.29, 0.717) is 36.2 Å². The summed E-state index contributed by atoms with van der Waals surface area (Å²) in [5.41, 5.74) is 8.92. The van der Waals surface area contributed by atoms with Crippen LogP contribution in [0.4, 0.5) is 0 Å². The Morgan fingerprint density at radius 3 is 1.81 bits per heavy atom. The molecule has 0 saturated carbocycles. The molecule has 0 fully saturated rings. The smallest absolute Gasteiger partial charge is 0.122 e. The number of para-hydroxylation sites is 2. The fourth-order valence-electron chi connectivity index (χ4n) is 5.27. The Morgan fingerprint density at radius 2 is 1.19 bits per heavy atom. The topological polar surface area (TPSA) is 40.5 Å². The molecule has 32 heavy (non-hydrogen) atoms. The van der Waals surface area contributed by atoms with Crippen molar-refractivity contribution >= 4 is 0 Å². The van der Waals surface area contributed by atoms with Gasteiger partial charge in [-0.2, -0.15) is 0 Å². The highest BCUT2D eigenvalue weighted by Crippen LogP contribution is 2.37. The van der Waals surface area contributed by atoms with E-state index in [1.54, 1.807) is 0 Å². The summed E-state index contributed by atoms with van der Waals surface area (Å²) in [4.78, 5) is 0. The number of allylic oxidation sites excluding steroid dienone is 4. The zero-order chi connectivity index (χ0) is 22.2. The van der Waals surface area contributed by atoms with Gasteiger partial charge in [0.1, 0.15) is 11.5 Å². The van der Waals surface area contributed by atoms with Gasteiger partial charge in [-0.05, 0) is 70.5 Å². The van der Waals surface area contributed by atoms with Crippen LogP contribution in [0.15, 0.2) is 78.4 Å². The van der Waals surface area contributed by atoms with Crippen LogP contribution >= 0.6 is 0 Å². The van der Waals surface area contributed by atoms with Crippen molar-refractivity contribution in [1.82, 2.24) is 0 Å². The maximum absolute atomic E-state index is 11.1. The lowest BCUT2D eigenvalue weighted by Crippen LogP contribution is -2.18. The Kier molecular flexibility index (Phi) is 5.38. The summed E-state index contributed by atoms with van der Waals surface area (Å²) in [5.74, 6) is 1.52. The number of hydrogen-bond acceptors (Lipinski definition) is 2. The second kappa shape index (κ2) is 8.35. The highest BCUT2D eigenvalue weighted by Gasteiger charge is 2.24. The first kappa shape index (κ1) is 20.6. The number of hydrogen-bond donors (Lipinski definition) is 2. The van der Waals surface area contributed by atoms with Crippen molar-refractivity contribution in [3.8, 4) is 11.5 Å². The lowest BCUT2D eigenvalue weighted by Gasteiger charge is -2.28. The zero-order valence-electron chi connectivity index (χ0n) is 18.8. The number of fused-ring (bicyclic) bond motifs is 8. The van der Waals surface area contributed by atoms with E-state index in [1.165, 1.54) is 22.3 Å². The molecule has 5 rings (SSSR count). The molecule has 8 bridgehead atoms. The maximum Gasteiger partial charge on any atom is 0.122 e. The summed E-state index contributed by atoms with van der Waals surface area (Å²) < 4.78 is 0. The first-order valence-corrected chi connectivity index (χ1v) is 11.6. The molecular weight excluding hydrogens is 392 g/mol. The van der Waals surface area contributed by atoms with Gasteiger partial charge in [-0.25, -0.2) is 0 Å². The molecule has 2 unspecified atom stereocenters. The monoisotopic (exact) mass is 422 g/mol. The van der Waals surface area contributed by atoms with Crippen molar-refractivity contribution in [1.29, 1.82) is 0 Å². The summed E-state index contributed by atoms with van der Waals surface area (Å²) >= 11 is 0. The molecule has 2 heteroatoms. The van der Waals surface area contributed by atoms with E-state index in [4.69, 9.17) is 0 Å². The van der Waals surface area contributed by atoms with Gasteiger partial charge in [-0.1, -0.05) is 85.3 Å². The number of phenolic OH excluding ortho intramolecular Hbond substituents is 2. The average molecular weight is 423 g/mol. The van der Waals surface area contributed by atoms with Crippen LogP contribution in [0.1, 0.15) is 45.9 Å². The van der Waals surface area contributed by atoms with Gasteiger partial charge >= 0.3 is 0 Å². The number of phenols is 2. The van der Waals surface area contributed by atoms with E-state index in [1.807, 2.05) is 18.2 Å². The van der Waals surface area contributed by atoms with Gasteiger partial charge in [0.15, 0.2) is 0 Å². The van der Waals surface area contributed by atoms with Gasteiger partial charge in [0.05, 0.1) is 0 Å². The van der Waals surface area contributed by atoms with E-state index in [-0.39, 0.29) is 0 Å². The number of rotatable bonds is 0. The summed E-state index contributed by atoms with van der Waals surface area (Å²) in [6, 6.07) is 18.7. The van der Waals surface area contributed by atoms with Crippen molar-refractivity contribution in [2.75, 3.05) is 0 Å². The van der Waals surface area contributed by atoms with Crippen LogP contribution < -0.4 is 0 Å². The minimum atomic E-state index is 0.319. The summed E-state index contributed by atoms with van der Waals surface area (Å²) in [6.45, 7) is 4.41. The number of benzene rings is 3. The predicted octanol–water partition coefficient (Wildman–Crippen LogP) is 6.43. The first-order valence-electron chi connectivity index (χ1n) is 11.6. The lowest BCUT2D eigenvalue weighted by molar-refractivity contribution is 0.434. The SMILES string of the molecule is Cc1c2cccc1Cc1cccc(c1O)CC1C=CC=C(Cc3cccc(c3O)C2)C1C. The molecule has 0 amide bonds. The molecule has 2 aliphatic rings. The van der Waals surface area contributed by atoms with Crippen LogP contribution in [0.5, 0.6) is 11.5 Å². The predicted molar refractivity (Wildman–Crippen MR) is 130 cm³/mol. The van der Waals surface area contributed by atoms with Crippen molar-refractivity contribution in [2.45, 2.75) is 39.5 Å². The fraction of sp³-hybridized carbons (Fsp3) is 0.267. The highest BCUT2D eigenvalue weighted by molar-refractivity contribution is 5.50. The Morgan fingerprint density at radius 1 is 0.688 bits per heavy atom. The van der Waals surface area contributed by atoms with Crippen molar-refractivity contribution in [2.24, 2.45) is 11.8 Å². The average Bonchev–Trinajstić information content (AvgIpc) is 2.78. The van der Waals surface area contributed by atoms with E-state index in [2.05, 4.69) is 68.5 Å². The van der Waals surface area contributed by atoms with Gasteiger partial charge in [0, 0.05) is 12.8 Å². The molecule has 3 aromatic carbocycles. The third-order valence-electron chi connectivity index (χ3n) is 7.47. The van der Waals surface area contributed by atoms with Gasteiger partial charge in [0.2, 0.25) is 0 Å². The Bertz CT molecular complexity index is 1230. The van der Waals surface area contributed by atoms with E-state index in [9.17, 15) is 10.2 Å². The Labute approximate surface area is 190 Å². The van der Waals surface area contributed by atoms with Crippen molar-refractivity contribution in [3.63, 3.8) is 0 Å². The Hall–Kier alpha value is -3.26. The molecule has 162 valence electrons. The molecule has 2 atom stereocenters. The minimum Gasteiger partial charge on any atom is -0.507 e. The molecule has 0 saturated heterocycles. The maximum atomic E-state index is 11.1. The van der Waals surface area contributed by atoms with Gasteiger partial charge in [0.25, 0.3) is 0 Å². The van der Waals surface area contributed by atoms with Crippen LogP contribution in [0.3, 0.4) is 0 Å². The van der Waals surface area contributed by atoms with E-state index in [0.717, 1.165) is 35.1 Å². The van der Waals surface area contributed by atoms with Gasteiger partial charge < -0.3 is 10.2 Å². The third kappa shape index (κ3) is 3.75. The Balaban J connectivity index is 1.66. The molecule has 0 aromatic heterocycles. The van der Waals surface area contributed by atoms with Crippen LogP contribution in [-0.4, -0.2) is 10.2 Å². The zero-order valence-corrected chi connectivity index (χ0v) is 18.8. The molecule has 0 aliphatic heterocycles. The van der Waals surface area contributed by atoms with Crippen LogP contribution in [-0.2, 0) is 25.7 Å². The minimum absolute atomic E-state index is 0.319. The van der Waals surface area contributed by atoms with Crippen LogP contribution in [0.2, 0.25) is 0 Å². The molecular formula is C30H30O2. The molecule has 0 radical (unpaired) electrons. The first-order chi connectivity index (χ1) is 15.5. The molecule has 0 spiro atoms. The third-order valence-corrected chi connectivity index (χ3v) is 7.47. The molecule has 2 nitrogen and oxygen atoms in total. The molecule has 2 aliphatic carbocycles. The molecule has 3 aromatic rings. The lowest BCUT2D eigenvalue weighted by atomic mass is 9.77. The highest BCUT2D eigenvalue weighted by atomic mass is 16.3. The van der Waals surface area contributed by atoms with Gasteiger partial charge in [-0.3, -0.25) is 0 Å². The summed E-state index contributed by atoms with van der Waals surface area (Å²) in [6.07, 6.45) is 9.54. The second-order valence-electron chi connectivity index (χ2n) is 9.36. The van der Waals surface area contributed by atoms with E-state index < -0.39 is 0 Å². The number of aromatic hydroxyl groups is 2. The largest absolute Gasteiger partial charge is 0.507 e. The second-order valence-corrected chi connectivity index (χ2v) is 9.36. The fourth-order valence-corrected chi connectivity index (χ4v) is 5.27. The van der Waals surface area contributed by atoms with E-state index >= 15 is 0 Å². The summed E-state index contributed by atoms with van der Waals surface area (Å²) in [5, 5.41) is 22.3. The molecule has 2 N–H and O–H groups in total. The van der Waals surface area contributed by atoms with Crippen LogP contribution in [0, 0.1) is 18.8 Å². The summed E-state index contributed by atoms with van der Waals surface area (Å²) in [7, 11) is 0. The normalized spacial score (nSPS) is 20.0. The van der Waals surface area contributed by atoms with Crippen molar-refractivity contribution in [3.05, 3.63) is 117 Å². The quantitative estimate of drug-likeness (QED) is 0.438. The molecule has 0 heterocycles. The standard InChI is InChI=1S/C30H30O2/c1-19-21-7-3-8-22(19)16-26-12-6-14-28(30(26)32)18-24-10-4-9-23(20(24)2)17-27-13-5-11-25(15-21)29(27)31/h3-14,19,21,31-32H,15-18H2,1-2H3. The van der Waals surface area contributed by atoms with Gasteiger partial charge in [-0.15, -0.1) is 0 Å².